The first-order chi connectivity index (χ1) is 9.86. The van der Waals surface area contributed by atoms with Crippen LogP contribution in [0.4, 0.5) is 0 Å². The van der Waals surface area contributed by atoms with Crippen molar-refractivity contribution in [3.63, 3.8) is 0 Å². The van der Waals surface area contributed by atoms with Crippen LogP contribution in [0.3, 0.4) is 0 Å². The quantitative estimate of drug-likeness (QED) is 0.629. The third-order valence-electron chi connectivity index (χ3n) is 3.29. The topological polar surface area (TPSA) is 17.1 Å². The summed E-state index contributed by atoms with van der Waals surface area (Å²) in [5.74, 6) is -0.0616. The Bertz CT molecular complexity index is 632. The van der Waals surface area contributed by atoms with E-state index in [1.165, 1.54) is 11.3 Å². The van der Waals surface area contributed by atoms with Crippen LogP contribution >= 0.6 is 11.3 Å². The minimum absolute atomic E-state index is 0.164. The van der Waals surface area contributed by atoms with Crippen molar-refractivity contribution in [1.82, 2.24) is 0 Å². The van der Waals surface area contributed by atoms with E-state index in [4.69, 9.17) is 0 Å². The van der Waals surface area contributed by atoms with Crippen LogP contribution < -0.4 is 0 Å². The fraction of sp³-hybridized carbons (Fsp3) is 0.0556. The van der Waals surface area contributed by atoms with Crippen molar-refractivity contribution in [3.8, 4) is 0 Å². The lowest BCUT2D eigenvalue weighted by molar-refractivity contribution is 0.0978. The van der Waals surface area contributed by atoms with E-state index in [1.54, 1.807) is 0 Å². The van der Waals surface area contributed by atoms with Gasteiger partial charge in [-0.25, -0.2) is 0 Å². The van der Waals surface area contributed by atoms with E-state index in [2.05, 4.69) is 0 Å². The molecule has 98 valence electrons. The molecule has 0 aliphatic rings. The summed E-state index contributed by atoms with van der Waals surface area (Å²) in [5.41, 5.74) is 2.08. The molecule has 1 aromatic heterocycles. The van der Waals surface area contributed by atoms with Gasteiger partial charge in [-0.1, -0.05) is 66.7 Å². The van der Waals surface area contributed by atoms with E-state index in [-0.39, 0.29) is 11.7 Å². The van der Waals surface area contributed by atoms with E-state index >= 15 is 0 Å². The number of benzene rings is 2. The monoisotopic (exact) mass is 278 g/mol. The van der Waals surface area contributed by atoms with Crippen molar-refractivity contribution in [3.05, 3.63) is 94.2 Å². The Labute approximate surface area is 122 Å². The second-order valence-electron chi connectivity index (χ2n) is 4.60. The molecule has 1 nitrogen and oxygen atoms in total. The fourth-order valence-corrected chi connectivity index (χ4v) is 3.04. The molecule has 0 N–H and O–H groups in total. The maximum Gasteiger partial charge on any atom is 0.184 e. The van der Waals surface area contributed by atoms with Gasteiger partial charge in [-0.15, -0.1) is 11.3 Å². The van der Waals surface area contributed by atoms with Gasteiger partial charge in [-0.2, -0.15) is 0 Å². The zero-order valence-corrected chi connectivity index (χ0v) is 11.7. The van der Waals surface area contributed by atoms with Gasteiger partial charge in [0.05, 0.1) is 10.8 Å². The van der Waals surface area contributed by atoms with Gasteiger partial charge >= 0.3 is 0 Å². The second kappa shape index (κ2) is 5.85. The predicted molar refractivity (Wildman–Crippen MR) is 83.4 cm³/mol. The van der Waals surface area contributed by atoms with Crippen LogP contribution in [0, 0.1) is 0 Å². The van der Waals surface area contributed by atoms with Crippen LogP contribution in [0.1, 0.15) is 26.7 Å². The van der Waals surface area contributed by atoms with E-state index in [0.717, 1.165) is 16.0 Å². The summed E-state index contributed by atoms with van der Waals surface area (Å²) in [6.07, 6.45) is 0. The van der Waals surface area contributed by atoms with Crippen molar-refractivity contribution >= 4 is 17.1 Å². The fourth-order valence-electron chi connectivity index (χ4n) is 2.35. The molecule has 0 radical (unpaired) electrons. The molecule has 0 bridgehead atoms. The summed E-state index contributed by atoms with van der Waals surface area (Å²) in [7, 11) is 0. The third-order valence-corrected chi connectivity index (χ3v) is 4.18. The molecule has 0 atom stereocenters. The molecular formula is C18H14OS. The second-order valence-corrected chi connectivity index (χ2v) is 5.54. The molecule has 0 saturated carbocycles. The van der Waals surface area contributed by atoms with Crippen LogP contribution in [-0.4, -0.2) is 5.78 Å². The van der Waals surface area contributed by atoms with Gasteiger partial charge in [0.15, 0.2) is 5.78 Å². The number of rotatable bonds is 4. The molecule has 0 unspecified atom stereocenters. The van der Waals surface area contributed by atoms with E-state index < -0.39 is 0 Å². The van der Waals surface area contributed by atoms with Crippen molar-refractivity contribution in [2.24, 2.45) is 0 Å². The van der Waals surface area contributed by atoms with Crippen LogP contribution in [0.2, 0.25) is 0 Å². The smallest absolute Gasteiger partial charge is 0.184 e. The average Bonchev–Trinajstić information content (AvgIpc) is 3.04. The standard InChI is InChI=1S/C18H14OS/c19-18(16-12-7-13-20-16)17(14-8-3-1-4-9-14)15-10-5-2-6-11-15/h1-13,17H. The minimum Gasteiger partial charge on any atom is -0.292 e. The zero-order chi connectivity index (χ0) is 13.8. The lowest BCUT2D eigenvalue weighted by Crippen LogP contribution is -2.13. The van der Waals surface area contributed by atoms with Crippen molar-refractivity contribution in [1.29, 1.82) is 0 Å². The average molecular weight is 278 g/mol. The number of hydrogen-bond acceptors (Lipinski definition) is 2. The Morgan fingerprint density at radius 1 is 0.750 bits per heavy atom. The van der Waals surface area contributed by atoms with E-state index in [0.29, 0.717) is 0 Å². The van der Waals surface area contributed by atoms with Gasteiger partial charge in [0, 0.05) is 0 Å². The highest BCUT2D eigenvalue weighted by atomic mass is 32.1. The number of hydrogen-bond donors (Lipinski definition) is 0. The number of thiophene rings is 1. The molecule has 0 aliphatic heterocycles. The van der Waals surface area contributed by atoms with Crippen LogP contribution in [0.5, 0.6) is 0 Å². The van der Waals surface area contributed by atoms with Crippen LogP contribution in [-0.2, 0) is 0 Å². The first kappa shape index (κ1) is 12.8. The number of carbonyl (C=O) groups excluding carboxylic acids is 1. The number of ketones is 1. The number of carbonyl (C=O) groups is 1. The summed E-state index contributed by atoms with van der Waals surface area (Å²) >= 11 is 1.50. The maximum absolute atomic E-state index is 12.8. The molecule has 0 fully saturated rings. The summed E-state index contributed by atoms with van der Waals surface area (Å²) in [6.45, 7) is 0. The summed E-state index contributed by atoms with van der Waals surface area (Å²) in [5, 5.41) is 1.94. The molecule has 1 heterocycles. The first-order valence-electron chi connectivity index (χ1n) is 6.54. The zero-order valence-electron chi connectivity index (χ0n) is 10.9. The van der Waals surface area contributed by atoms with Gasteiger partial charge in [0.1, 0.15) is 0 Å². The highest BCUT2D eigenvalue weighted by molar-refractivity contribution is 7.12. The van der Waals surface area contributed by atoms with Crippen LogP contribution in [0.25, 0.3) is 0 Å². The molecule has 2 heteroatoms. The maximum atomic E-state index is 12.8. The van der Waals surface area contributed by atoms with E-state index in [1.807, 2.05) is 78.2 Å². The molecular weight excluding hydrogens is 264 g/mol. The molecule has 3 rings (SSSR count). The third kappa shape index (κ3) is 2.56. The van der Waals surface area contributed by atoms with Gasteiger partial charge in [0.2, 0.25) is 0 Å². The Kier molecular flexibility index (Phi) is 3.75. The molecule has 2 aromatic carbocycles. The lowest BCUT2D eigenvalue weighted by atomic mass is 9.87. The number of Topliss-reactive ketones (excluding diaryl/α,β-unsaturated/α-hetero) is 1. The van der Waals surface area contributed by atoms with E-state index in [9.17, 15) is 4.79 Å². The molecule has 20 heavy (non-hydrogen) atoms. The minimum atomic E-state index is -0.226. The molecule has 0 spiro atoms. The first-order valence-corrected chi connectivity index (χ1v) is 7.42. The largest absolute Gasteiger partial charge is 0.292 e. The predicted octanol–water partition coefficient (Wildman–Crippen LogP) is 4.76. The van der Waals surface area contributed by atoms with Gasteiger partial charge in [0.25, 0.3) is 0 Å². The Hall–Kier alpha value is -2.19. The van der Waals surface area contributed by atoms with Crippen molar-refractivity contribution in [2.75, 3.05) is 0 Å². The molecule has 0 aliphatic carbocycles. The molecule has 3 aromatic rings. The Morgan fingerprint density at radius 3 is 1.75 bits per heavy atom. The van der Waals surface area contributed by atoms with Gasteiger partial charge in [-0.05, 0) is 22.6 Å². The highest BCUT2D eigenvalue weighted by Gasteiger charge is 2.24. The summed E-state index contributed by atoms with van der Waals surface area (Å²) in [6, 6.07) is 23.7. The van der Waals surface area contributed by atoms with Crippen LogP contribution in [0.15, 0.2) is 78.2 Å². The van der Waals surface area contributed by atoms with Gasteiger partial charge < -0.3 is 0 Å². The Balaban J connectivity index is 2.07. The van der Waals surface area contributed by atoms with Gasteiger partial charge in [-0.3, -0.25) is 4.79 Å². The summed E-state index contributed by atoms with van der Waals surface area (Å²) in [4.78, 5) is 13.6. The molecule has 0 saturated heterocycles. The van der Waals surface area contributed by atoms with Crippen molar-refractivity contribution in [2.45, 2.75) is 5.92 Å². The molecule has 0 amide bonds. The lowest BCUT2D eigenvalue weighted by Gasteiger charge is -2.16. The summed E-state index contributed by atoms with van der Waals surface area (Å²) < 4.78 is 0. The highest BCUT2D eigenvalue weighted by Crippen LogP contribution is 2.29. The SMILES string of the molecule is O=C(c1cccs1)C(c1ccccc1)c1ccccc1. The Morgan fingerprint density at radius 2 is 1.30 bits per heavy atom. The van der Waals surface area contributed by atoms with Crippen molar-refractivity contribution < 1.29 is 4.79 Å². The normalized spacial score (nSPS) is 10.7.